The van der Waals surface area contributed by atoms with Crippen LogP contribution in [0.25, 0.3) is 0 Å². The number of rotatable bonds is 11. The minimum atomic E-state index is -1.26. The van der Waals surface area contributed by atoms with E-state index in [0.29, 0.717) is 6.42 Å². The van der Waals surface area contributed by atoms with Crippen molar-refractivity contribution in [2.24, 2.45) is 5.73 Å². The number of alkyl carbamates (subject to hydrolysis) is 1. The molecule has 2 amide bonds. The number of aliphatic carboxylic acids is 1. The molecule has 0 saturated heterocycles. The average Bonchev–Trinajstić information content (AvgIpc) is 2.62. The number of carbonyl (C=O) groups excluding carboxylic acids is 2. The van der Waals surface area contributed by atoms with Gasteiger partial charge in [0.05, 0.1) is 30.3 Å². The van der Waals surface area contributed by atoms with Gasteiger partial charge >= 0.3 is 12.1 Å². The van der Waals surface area contributed by atoms with Crippen LogP contribution in [0.1, 0.15) is 25.3 Å². The first kappa shape index (κ1) is 22.5. The SMILES string of the molecule is COc1cc(COC(=O)N[C@@H](C)C(=O)O)c([N+](=O)[O-])cc1OCCCC(N)=O. The first-order valence-electron chi connectivity index (χ1n) is 8.08. The van der Waals surface area contributed by atoms with E-state index in [9.17, 15) is 24.5 Å². The number of hydrogen-bond acceptors (Lipinski definition) is 8. The molecule has 1 rings (SSSR count). The number of nitrogens with two attached hydrogens (primary N) is 1. The van der Waals surface area contributed by atoms with Crippen molar-refractivity contribution in [2.75, 3.05) is 13.7 Å². The number of nitrogens with one attached hydrogen (secondary N) is 1. The summed E-state index contributed by atoms with van der Waals surface area (Å²) in [6.45, 7) is 0.827. The summed E-state index contributed by atoms with van der Waals surface area (Å²) in [4.78, 5) is 43.7. The second-order valence-electron chi connectivity index (χ2n) is 5.59. The first-order chi connectivity index (χ1) is 13.1. The van der Waals surface area contributed by atoms with Crippen molar-refractivity contribution in [1.82, 2.24) is 5.32 Å². The number of ether oxygens (including phenoxy) is 3. The maximum Gasteiger partial charge on any atom is 0.408 e. The molecule has 0 aromatic heterocycles. The summed E-state index contributed by atoms with van der Waals surface area (Å²) >= 11 is 0. The van der Waals surface area contributed by atoms with Gasteiger partial charge in [-0.05, 0) is 19.4 Å². The highest BCUT2D eigenvalue weighted by Gasteiger charge is 2.22. The first-order valence-corrected chi connectivity index (χ1v) is 8.08. The lowest BCUT2D eigenvalue weighted by molar-refractivity contribution is -0.385. The molecule has 1 atom stereocenters. The molecule has 12 nitrogen and oxygen atoms in total. The molecule has 1 aromatic rings. The lowest BCUT2D eigenvalue weighted by Crippen LogP contribution is -2.38. The summed E-state index contributed by atoms with van der Waals surface area (Å²) in [5, 5.41) is 22.1. The summed E-state index contributed by atoms with van der Waals surface area (Å²) < 4.78 is 15.4. The van der Waals surface area contributed by atoms with Crippen molar-refractivity contribution in [3.63, 3.8) is 0 Å². The van der Waals surface area contributed by atoms with Crippen LogP contribution in [0.2, 0.25) is 0 Å². The second-order valence-corrected chi connectivity index (χ2v) is 5.59. The highest BCUT2D eigenvalue weighted by Crippen LogP contribution is 2.35. The maximum absolute atomic E-state index is 11.6. The van der Waals surface area contributed by atoms with Gasteiger partial charge in [-0.1, -0.05) is 0 Å². The van der Waals surface area contributed by atoms with Crippen molar-refractivity contribution in [2.45, 2.75) is 32.4 Å². The van der Waals surface area contributed by atoms with Crippen molar-refractivity contribution >= 4 is 23.7 Å². The van der Waals surface area contributed by atoms with E-state index in [1.54, 1.807) is 0 Å². The number of benzene rings is 1. The Morgan fingerprint density at radius 1 is 1.32 bits per heavy atom. The number of amides is 2. The zero-order chi connectivity index (χ0) is 21.3. The molecule has 154 valence electrons. The molecule has 0 bridgehead atoms. The average molecular weight is 399 g/mol. The van der Waals surface area contributed by atoms with Crippen LogP contribution >= 0.6 is 0 Å². The predicted octanol–water partition coefficient (Wildman–Crippen LogP) is 0.947. The third-order valence-electron chi connectivity index (χ3n) is 3.45. The van der Waals surface area contributed by atoms with Gasteiger partial charge in [0.15, 0.2) is 11.5 Å². The van der Waals surface area contributed by atoms with Gasteiger partial charge in [0.2, 0.25) is 5.91 Å². The quantitative estimate of drug-likeness (QED) is 0.277. The molecular weight excluding hydrogens is 378 g/mol. The van der Waals surface area contributed by atoms with E-state index in [-0.39, 0.29) is 35.8 Å². The summed E-state index contributed by atoms with van der Waals surface area (Å²) in [5.41, 5.74) is 4.66. The molecule has 4 N–H and O–H groups in total. The molecule has 0 aliphatic heterocycles. The summed E-state index contributed by atoms with van der Waals surface area (Å²) in [5.74, 6) is -1.53. The number of carboxylic acids is 1. The van der Waals surface area contributed by atoms with Gasteiger partial charge in [-0.25, -0.2) is 4.79 Å². The lowest BCUT2D eigenvalue weighted by atomic mass is 10.1. The number of carboxylic acid groups (broad SMARTS) is 1. The molecule has 1 aromatic carbocycles. The largest absolute Gasteiger partial charge is 0.493 e. The zero-order valence-corrected chi connectivity index (χ0v) is 15.3. The van der Waals surface area contributed by atoms with E-state index < -0.39 is 35.5 Å². The number of carbonyl (C=O) groups is 3. The number of nitro groups is 1. The molecule has 12 heteroatoms. The minimum absolute atomic E-state index is 0.0180. The number of hydrogen-bond donors (Lipinski definition) is 3. The van der Waals surface area contributed by atoms with E-state index in [2.05, 4.69) is 5.32 Å². The molecule has 0 spiro atoms. The van der Waals surface area contributed by atoms with E-state index >= 15 is 0 Å². The van der Waals surface area contributed by atoms with Gasteiger partial charge in [0, 0.05) is 6.42 Å². The van der Waals surface area contributed by atoms with Crippen LogP contribution in [0.3, 0.4) is 0 Å². The van der Waals surface area contributed by atoms with Crippen LogP contribution < -0.4 is 20.5 Å². The van der Waals surface area contributed by atoms with Gasteiger partial charge in [0.1, 0.15) is 12.6 Å². The Kier molecular flexibility index (Phi) is 8.46. The lowest BCUT2D eigenvalue weighted by Gasteiger charge is -2.14. The third kappa shape index (κ3) is 6.97. The number of nitro benzene ring substituents is 1. The molecule has 0 aliphatic carbocycles. The molecule has 0 radical (unpaired) electrons. The normalized spacial score (nSPS) is 11.2. The number of methoxy groups -OCH3 is 1. The highest BCUT2D eigenvalue weighted by molar-refractivity contribution is 5.79. The van der Waals surface area contributed by atoms with E-state index in [4.69, 9.17) is 25.1 Å². The number of nitrogens with zero attached hydrogens (tertiary/aromatic N) is 1. The Hall–Kier alpha value is -3.57. The molecule has 28 heavy (non-hydrogen) atoms. The topological polar surface area (TPSA) is 180 Å². The second kappa shape index (κ2) is 10.5. The smallest absolute Gasteiger partial charge is 0.408 e. The fraction of sp³-hybridized carbons (Fsp3) is 0.438. The maximum atomic E-state index is 11.6. The molecule has 0 fully saturated rings. The number of primary amides is 1. The van der Waals surface area contributed by atoms with Crippen LogP contribution in [-0.4, -0.2) is 47.8 Å². The van der Waals surface area contributed by atoms with Gasteiger partial charge in [-0.3, -0.25) is 19.7 Å². The van der Waals surface area contributed by atoms with Crippen LogP contribution in [0.5, 0.6) is 11.5 Å². The molecule has 0 unspecified atom stereocenters. The van der Waals surface area contributed by atoms with Gasteiger partial charge in [0.25, 0.3) is 5.69 Å². The Labute approximate surface area is 159 Å². The minimum Gasteiger partial charge on any atom is -0.493 e. The molecule has 0 heterocycles. The van der Waals surface area contributed by atoms with E-state index in [0.717, 1.165) is 6.07 Å². The van der Waals surface area contributed by atoms with Gasteiger partial charge in [-0.2, -0.15) is 0 Å². The van der Waals surface area contributed by atoms with Crippen molar-refractivity contribution < 1.29 is 38.6 Å². The molecule has 0 saturated carbocycles. The summed E-state index contributed by atoms with van der Waals surface area (Å²) in [7, 11) is 1.32. The Balaban J connectivity index is 2.90. The summed E-state index contributed by atoms with van der Waals surface area (Å²) in [6.07, 6.45) is -0.630. The molecular formula is C16H21N3O9. The van der Waals surface area contributed by atoms with Gasteiger partial charge in [-0.15, -0.1) is 0 Å². The van der Waals surface area contributed by atoms with Crippen LogP contribution in [-0.2, 0) is 20.9 Å². The third-order valence-corrected chi connectivity index (χ3v) is 3.45. The Bertz CT molecular complexity index is 751. The molecule has 0 aliphatic rings. The standard InChI is InChI=1S/C16H21N3O9/c1-9(15(21)22)18-16(23)28-8-10-6-12(26-2)13(7-11(10)19(24)25)27-5-3-4-14(17)20/h6-7,9H,3-5,8H2,1-2H3,(H2,17,20)(H,18,23)(H,21,22)/t9-/m0/s1. The van der Waals surface area contributed by atoms with Crippen molar-refractivity contribution in [3.05, 3.63) is 27.8 Å². The van der Waals surface area contributed by atoms with Crippen molar-refractivity contribution in [1.29, 1.82) is 0 Å². The van der Waals surface area contributed by atoms with E-state index in [1.165, 1.54) is 20.1 Å². The fourth-order valence-corrected chi connectivity index (χ4v) is 2.00. The van der Waals surface area contributed by atoms with Crippen LogP contribution in [0.4, 0.5) is 10.5 Å². The Morgan fingerprint density at radius 2 is 2.00 bits per heavy atom. The van der Waals surface area contributed by atoms with E-state index in [1.807, 2.05) is 0 Å². The summed E-state index contributed by atoms with van der Waals surface area (Å²) in [6, 6.07) is 1.20. The van der Waals surface area contributed by atoms with Crippen LogP contribution in [0, 0.1) is 10.1 Å². The predicted molar refractivity (Wildman–Crippen MR) is 94.0 cm³/mol. The zero-order valence-electron chi connectivity index (χ0n) is 15.3. The monoisotopic (exact) mass is 399 g/mol. The van der Waals surface area contributed by atoms with Crippen LogP contribution in [0.15, 0.2) is 12.1 Å². The van der Waals surface area contributed by atoms with Crippen molar-refractivity contribution in [3.8, 4) is 11.5 Å². The van der Waals surface area contributed by atoms with Gasteiger partial charge < -0.3 is 30.4 Å². The highest BCUT2D eigenvalue weighted by atomic mass is 16.6. The fourth-order valence-electron chi connectivity index (χ4n) is 2.00. The Morgan fingerprint density at radius 3 is 2.54 bits per heavy atom.